The Kier molecular flexibility index (Phi) is 7.85. The first kappa shape index (κ1) is 27.6. The van der Waals surface area contributed by atoms with Crippen molar-refractivity contribution in [2.75, 3.05) is 38.1 Å². The Balaban J connectivity index is 1.51. The number of amides is 2. The van der Waals surface area contributed by atoms with Gasteiger partial charge in [-0.3, -0.25) is 15.0 Å². The third-order valence-corrected chi connectivity index (χ3v) is 8.28. The van der Waals surface area contributed by atoms with Crippen molar-refractivity contribution < 1.29 is 22.9 Å². The number of anilines is 1. The lowest BCUT2D eigenvalue weighted by molar-refractivity contribution is -0.384. The standard InChI is InChI=1S/C27H27N5O6S/c1-19-14-20(2)16-24(15-19)38-25-9-4-21(18-28)17-26(25)39(36,37)31-12-10-30(11-13-31)27(33)29(3)22-5-7-23(8-6-22)32(34)35/h4-9,14-17H,10-13H2,1-3H3. The lowest BCUT2D eigenvalue weighted by atomic mass is 10.1. The van der Waals surface area contributed by atoms with Gasteiger partial charge in [0.25, 0.3) is 5.69 Å². The molecule has 0 unspecified atom stereocenters. The molecule has 1 aliphatic heterocycles. The SMILES string of the molecule is Cc1cc(C)cc(Oc2ccc(C#N)cc2S(=O)(=O)N2CCN(C(=O)N(C)c3ccc([N+](=O)[O-])cc3)CC2)c1. The van der Waals surface area contributed by atoms with Crippen LogP contribution in [0.2, 0.25) is 0 Å². The molecule has 3 aromatic rings. The van der Waals surface area contributed by atoms with Crippen LogP contribution in [0.25, 0.3) is 0 Å². The van der Waals surface area contributed by atoms with Gasteiger partial charge in [0.1, 0.15) is 16.4 Å². The maximum Gasteiger partial charge on any atom is 0.324 e. The first-order valence-corrected chi connectivity index (χ1v) is 13.5. The van der Waals surface area contributed by atoms with E-state index in [1.54, 1.807) is 19.2 Å². The Labute approximate surface area is 226 Å². The molecule has 3 aromatic carbocycles. The molecule has 11 nitrogen and oxygen atoms in total. The number of benzene rings is 3. The Morgan fingerprint density at radius 2 is 1.62 bits per heavy atom. The molecule has 0 aromatic heterocycles. The number of piperazine rings is 1. The number of nitro groups is 1. The second-order valence-corrected chi connectivity index (χ2v) is 11.1. The van der Waals surface area contributed by atoms with Gasteiger partial charge < -0.3 is 9.64 Å². The first-order valence-electron chi connectivity index (χ1n) is 12.1. The number of carbonyl (C=O) groups excluding carboxylic acids is 1. The largest absolute Gasteiger partial charge is 0.456 e. The summed E-state index contributed by atoms with van der Waals surface area (Å²) >= 11 is 0. The highest BCUT2D eigenvalue weighted by molar-refractivity contribution is 7.89. The van der Waals surface area contributed by atoms with Crippen LogP contribution in [0.1, 0.15) is 16.7 Å². The maximum atomic E-state index is 13.7. The summed E-state index contributed by atoms with van der Waals surface area (Å²) < 4.78 is 34.6. The molecule has 1 heterocycles. The van der Waals surface area contributed by atoms with Crippen molar-refractivity contribution in [3.05, 3.63) is 87.5 Å². The van der Waals surface area contributed by atoms with Crippen LogP contribution in [-0.4, -0.2) is 61.8 Å². The van der Waals surface area contributed by atoms with Crippen molar-refractivity contribution in [1.82, 2.24) is 9.21 Å². The number of nitro benzene ring substituents is 1. The molecular weight excluding hydrogens is 522 g/mol. The van der Waals surface area contributed by atoms with E-state index in [0.29, 0.717) is 11.4 Å². The molecule has 0 atom stereocenters. The third-order valence-electron chi connectivity index (χ3n) is 6.36. The quantitative estimate of drug-likeness (QED) is 0.327. The Morgan fingerprint density at radius 1 is 1.00 bits per heavy atom. The molecular formula is C27H27N5O6S. The van der Waals surface area contributed by atoms with Crippen molar-refractivity contribution in [3.63, 3.8) is 0 Å². The average molecular weight is 550 g/mol. The van der Waals surface area contributed by atoms with Crippen molar-refractivity contribution >= 4 is 27.4 Å². The predicted molar refractivity (Wildman–Crippen MR) is 144 cm³/mol. The van der Waals surface area contributed by atoms with Gasteiger partial charge in [0.2, 0.25) is 10.0 Å². The molecule has 1 saturated heterocycles. The minimum atomic E-state index is -4.06. The van der Waals surface area contributed by atoms with Gasteiger partial charge in [0.15, 0.2) is 0 Å². The molecule has 0 radical (unpaired) electrons. The Hall–Kier alpha value is -4.47. The van der Waals surface area contributed by atoms with E-state index in [0.717, 1.165) is 11.1 Å². The van der Waals surface area contributed by atoms with Crippen LogP contribution in [0.3, 0.4) is 0 Å². The summed E-state index contributed by atoms with van der Waals surface area (Å²) in [5.41, 5.74) is 2.49. The summed E-state index contributed by atoms with van der Waals surface area (Å²) in [5, 5.41) is 20.3. The van der Waals surface area contributed by atoms with E-state index in [2.05, 4.69) is 0 Å². The summed E-state index contributed by atoms with van der Waals surface area (Å²) in [6, 6.07) is 17.1. The minimum Gasteiger partial charge on any atom is -0.456 e. The number of carbonyl (C=O) groups is 1. The van der Waals surface area contributed by atoms with Gasteiger partial charge in [-0.15, -0.1) is 0 Å². The molecule has 0 saturated carbocycles. The molecule has 202 valence electrons. The van der Waals surface area contributed by atoms with E-state index < -0.39 is 14.9 Å². The van der Waals surface area contributed by atoms with Crippen LogP contribution < -0.4 is 9.64 Å². The number of ether oxygens (including phenoxy) is 1. The fraction of sp³-hybridized carbons (Fsp3) is 0.259. The van der Waals surface area contributed by atoms with E-state index >= 15 is 0 Å². The topological polar surface area (TPSA) is 137 Å². The average Bonchev–Trinajstić information content (AvgIpc) is 2.92. The van der Waals surface area contributed by atoms with E-state index in [1.165, 1.54) is 56.6 Å². The lowest BCUT2D eigenvalue weighted by Crippen LogP contribution is -2.53. The zero-order valence-corrected chi connectivity index (χ0v) is 22.5. The number of urea groups is 1. The van der Waals surface area contributed by atoms with Gasteiger partial charge in [-0.2, -0.15) is 9.57 Å². The van der Waals surface area contributed by atoms with E-state index in [-0.39, 0.29) is 54.1 Å². The number of hydrogen-bond donors (Lipinski definition) is 0. The Morgan fingerprint density at radius 3 is 2.18 bits per heavy atom. The van der Waals surface area contributed by atoms with Crippen molar-refractivity contribution in [3.8, 4) is 17.6 Å². The molecule has 0 aliphatic carbocycles. The van der Waals surface area contributed by atoms with Gasteiger partial charge >= 0.3 is 6.03 Å². The van der Waals surface area contributed by atoms with Crippen LogP contribution >= 0.6 is 0 Å². The zero-order chi connectivity index (χ0) is 28.3. The van der Waals surface area contributed by atoms with Gasteiger partial charge in [-0.1, -0.05) is 6.07 Å². The van der Waals surface area contributed by atoms with Gasteiger partial charge in [0.05, 0.1) is 16.6 Å². The number of aryl methyl sites for hydroxylation is 2. The Bertz CT molecular complexity index is 1540. The number of nitriles is 1. The van der Waals surface area contributed by atoms with E-state index in [1.807, 2.05) is 26.0 Å². The summed E-state index contributed by atoms with van der Waals surface area (Å²) in [6.07, 6.45) is 0. The van der Waals surface area contributed by atoms with E-state index in [4.69, 9.17) is 4.74 Å². The summed E-state index contributed by atoms with van der Waals surface area (Å²) in [6.45, 7) is 4.19. The monoisotopic (exact) mass is 549 g/mol. The van der Waals surface area contributed by atoms with E-state index in [9.17, 15) is 28.6 Å². The molecule has 1 fully saturated rings. The van der Waals surface area contributed by atoms with Crippen molar-refractivity contribution in [2.45, 2.75) is 18.7 Å². The fourth-order valence-corrected chi connectivity index (χ4v) is 5.92. The van der Waals surface area contributed by atoms with Crippen LogP contribution in [-0.2, 0) is 10.0 Å². The van der Waals surface area contributed by atoms with Crippen LogP contribution in [0.5, 0.6) is 11.5 Å². The van der Waals surface area contributed by atoms with Crippen LogP contribution in [0.4, 0.5) is 16.2 Å². The zero-order valence-electron chi connectivity index (χ0n) is 21.7. The second-order valence-electron chi connectivity index (χ2n) is 9.21. The molecule has 12 heteroatoms. The van der Waals surface area contributed by atoms with Crippen LogP contribution in [0, 0.1) is 35.3 Å². The highest BCUT2D eigenvalue weighted by atomic mass is 32.2. The minimum absolute atomic E-state index is 0.0436. The molecule has 2 amide bonds. The highest BCUT2D eigenvalue weighted by Gasteiger charge is 2.33. The number of rotatable bonds is 6. The number of sulfonamides is 1. The van der Waals surface area contributed by atoms with Crippen molar-refractivity contribution in [2.24, 2.45) is 0 Å². The highest BCUT2D eigenvalue weighted by Crippen LogP contribution is 2.33. The molecule has 39 heavy (non-hydrogen) atoms. The molecule has 0 bridgehead atoms. The summed E-state index contributed by atoms with van der Waals surface area (Å²) in [7, 11) is -2.51. The smallest absolute Gasteiger partial charge is 0.324 e. The molecule has 0 N–H and O–H groups in total. The molecule has 1 aliphatic rings. The fourth-order valence-electron chi connectivity index (χ4n) is 4.36. The predicted octanol–water partition coefficient (Wildman–Crippen LogP) is 4.44. The molecule has 4 rings (SSSR count). The number of non-ortho nitro benzene ring substituents is 1. The van der Waals surface area contributed by atoms with Gasteiger partial charge in [-0.05, 0) is 67.4 Å². The van der Waals surface area contributed by atoms with Crippen LogP contribution in [0.15, 0.2) is 65.6 Å². The van der Waals surface area contributed by atoms with Gasteiger partial charge in [0, 0.05) is 51.0 Å². The summed E-state index contributed by atoms with van der Waals surface area (Å²) in [4.78, 5) is 26.2. The third kappa shape index (κ3) is 6.00. The second kappa shape index (κ2) is 11.1. The van der Waals surface area contributed by atoms with Crippen molar-refractivity contribution in [1.29, 1.82) is 5.26 Å². The normalized spacial score (nSPS) is 13.9. The maximum absolute atomic E-state index is 13.7. The lowest BCUT2D eigenvalue weighted by Gasteiger charge is -2.36. The number of hydrogen-bond acceptors (Lipinski definition) is 7. The number of nitrogens with zero attached hydrogens (tertiary/aromatic N) is 5. The van der Waals surface area contributed by atoms with Gasteiger partial charge in [-0.25, -0.2) is 13.2 Å². The first-order chi connectivity index (χ1) is 18.5. The molecule has 0 spiro atoms. The summed E-state index contributed by atoms with van der Waals surface area (Å²) in [5.74, 6) is 0.591.